The lowest BCUT2D eigenvalue weighted by molar-refractivity contribution is 0.412. The van der Waals surface area contributed by atoms with E-state index in [4.69, 9.17) is 0 Å². The summed E-state index contributed by atoms with van der Waals surface area (Å²) in [6.07, 6.45) is 2.62. The Balaban J connectivity index is 1.77. The zero-order valence-corrected chi connectivity index (χ0v) is 9.23. The van der Waals surface area contributed by atoms with Crippen LogP contribution in [0, 0.1) is 5.92 Å². The molecule has 2 saturated heterocycles. The molecule has 2 fully saturated rings. The summed E-state index contributed by atoms with van der Waals surface area (Å²) in [5, 5.41) is 9.18. The van der Waals surface area contributed by atoms with Gasteiger partial charge in [0, 0.05) is 28.2 Å². The Kier molecular flexibility index (Phi) is 2.11. The van der Waals surface area contributed by atoms with Crippen LogP contribution >= 0.6 is 0 Å². The predicted octanol–water partition coefficient (Wildman–Crippen LogP) is 0.249. The maximum atomic E-state index is 2.34. The van der Waals surface area contributed by atoms with Crippen molar-refractivity contribution in [2.75, 3.05) is 28.2 Å². The summed E-state index contributed by atoms with van der Waals surface area (Å²) in [6, 6.07) is 0. The fourth-order valence-electron chi connectivity index (χ4n) is 2.32. The number of hydrogen-bond acceptors (Lipinski definition) is 4. The minimum Gasteiger partial charge on any atom is -0.225 e. The van der Waals surface area contributed by atoms with Gasteiger partial charge in [-0.3, -0.25) is 0 Å². The molecule has 0 radical (unpaired) electrons. The minimum atomic E-state index is 0.669. The molecule has 0 aromatic heterocycles. The molecule has 2 rings (SSSR count). The van der Waals surface area contributed by atoms with Crippen LogP contribution < -0.4 is 0 Å². The molecule has 0 bridgehead atoms. The molecule has 5 unspecified atom stereocenters. The summed E-state index contributed by atoms with van der Waals surface area (Å²) in [4.78, 5) is 0. The average molecular weight is 184 g/mol. The van der Waals surface area contributed by atoms with Crippen LogP contribution in [0.1, 0.15) is 13.3 Å². The average Bonchev–Trinajstić information content (AvgIpc) is 2.84. The van der Waals surface area contributed by atoms with E-state index in [1.807, 2.05) is 0 Å². The quantitative estimate of drug-likeness (QED) is 0.582. The lowest BCUT2D eigenvalue weighted by Crippen LogP contribution is -2.13. The van der Waals surface area contributed by atoms with E-state index in [-0.39, 0.29) is 0 Å². The molecule has 13 heavy (non-hydrogen) atoms. The van der Waals surface area contributed by atoms with Crippen LogP contribution in [0.4, 0.5) is 0 Å². The molecule has 2 aliphatic rings. The SMILES string of the molecule is CC(CC1N(C)N1C)C1N(C)N1C. The fraction of sp³-hybridized carbons (Fsp3) is 1.00. The van der Waals surface area contributed by atoms with Crippen molar-refractivity contribution < 1.29 is 0 Å². The van der Waals surface area contributed by atoms with Crippen LogP contribution in [-0.2, 0) is 0 Å². The Bertz CT molecular complexity index is 192. The second-order valence-electron chi connectivity index (χ2n) is 4.40. The van der Waals surface area contributed by atoms with Gasteiger partial charge in [-0.15, -0.1) is 0 Å². The summed E-state index contributed by atoms with van der Waals surface area (Å²) in [5.41, 5.74) is 0. The van der Waals surface area contributed by atoms with Gasteiger partial charge in [-0.05, 0) is 12.3 Å². The lowest BCUT2D eigenvalue weighted by Gasteiger charge is -2.06. The van der Waals surface area contributed by atoms with Crippen molar-refractivity contribution in [1.29, 1.82) is 0 Å². The standard InChI is InChI=1S/C9H20N4/c1-7(9-12(4)13(9)5)6-8-10(2)11(8)3/h7-9H,6H2,1-5H3. The molecular weight excluding hydrogens is 164 g/mol. The third-order valence-corrected chi connectivity index (χ3v) is 3.61. The van der Waals surface area contributed by atoms with E-state index in [0.29, 0.717) is 12.3 Å². The summed E-state index contributed by atoms with van der Waals surface area (Å²) in [7, 11) is 8.61. The maximum absolute atomic E-state index is 2.34. The second kappa shape index (κ2) is 2.92. The molecule has 0 aromatic rings. The van der Waals surface area contributed by atoms with Crippen molar-refractivity contribution >= 4 is 0 Å². The minimum absolute atomic E-state index is 0.669. The van der Waals surface area contributed by atoms with Gasteiger partial charge in [0.1, 0.15) is 0 Å². The van der Waals surface area contributed by atoms with Crippen molar-refractivity contribution in [3.05, 3.63) is 0 Å². The third-order valence-electron chi connectivity index (χ3n) is 3.61. The second-order valence-corrected chi connectivity index (χ2v) is 4.40. The third kappa shape index (κ3) is 1.48. The van der Waals surface area contributed by atoms with Gasteiger partial charge in [-0.2, -0.15) is 0 Å². The molecule has 0 aliphatic carbocycles. The van der Waals surface area contributed by atoms with Gasteiger partial charge in [-0.25, -0.2) is 20.0 Å². The first-order valence-corrected chi connectivity index (χ1v) is 4.95. The van der Waals surface area contributed by atoms with Crippen LogP contribution in [-0.4, -0.2) is 60.6 Å². The monoisotopic (exact) mass is 184 g/mol. The van der Waals surface area contributed by atoms with E-state index in [0.717, 1.165) is 5.92 Å². The molecule has 4 nitrogen and oxygen atoms in total. The molecule has 2 heterocycles. The number of rotatable bonds is 3. The first-order valence-electron chi connectivity index (χ1n) is 4.95. The molecular formula is C9H20N4. The van der Waals surface area contributed by atoms with E-state index >= 15 is 0 Å². The highest BCUT2D eigenvalue weighted by Crippen LogP contribution is 2.35. The first-order chi connectivity index (χ1) is 6.04. The van der Waals surface area contributed by atoms with Crippen LogP contribution in [0.15, 0.2) is 0 Å². The van der Waals surface area contributed by atoms with E-state index in [1.165, 1.54) is 6.42 Å². The Morgan fingerprint density at radius 2 is 1.38 bits per heavy atom. The lowest BCUT2D eigenvalue weighted by atomic mass is 10.1. The first kappa shape index (κ1) is 9.40. The van der Waals surface area contributed by atoms with Gasteiger partial charge in [0.15, 0.2) is 0 Å². The summed E-state index contributed by atoms with van der Waals surface area (Å²) in [5.74, 6) is 0.757. The highest BCUT2D eigenvalue weighted by Gasteiger charge is 2.47. The van der Waals surface area contributed by atoms with Gasteiger partial charge >= 0.3 is 0 Å². The molecule has 5 atom stereocenters. The molecule has 0 amide bonds. The number of hydrogen-bond donors (Lipinski definition) is 0. The molecule has 0 N–H and O–H groups in total. The van der Waals surface area contributed by atoms with Gasteiger partial charge in [0.25, 0.3) is 0 Å². The zero-order chi connectivity index (χ0) is 9.75. The number of nitrogens with zero attached hydrogens (tertiary/aromatic N) is 4. The summed E-state index contributed by atoms with van der Waals surface area (Å²) < 4.78 is 0. The van der Waals surface area contributed by atoms with Crippen LogP contribution in [0.2, 0.25) is 0 Å². The smallest absolute Gasteiger partial charge is 0.0914 e. The number of hydrazine groups is 2. The van der Waals surface area contributed by atoms with Gasteiger partial charge in [0.05, 0.1) is 12.3 Å². The molecule has 0 aromatic carbocycles. The van der Waals surface area contributed by atoms with Crippen LogP contribution in [0.25, 0.3) is 0 Å². The Hall–Kier alpha value is -0.160. The largest absolute Gasteiger partial charge is 0.225 e. The van der Waals surface area contributed by atoms with Crippen LogP contribution in [0.3, 0.4) is 0 Å². The molecule has 76 valence electrons. The maximum Gasteiger partial charge on any atom is 0.0914 e. The van der Waals surface area contributed by atoms with Crippen molar-refractivity contribution in [2.45, 2.75) is 25.7 Å². The zero-order valence-electron chi connectivity index (χ0n) is 9.23. The van der Waals surface area contributed by atoms with Crippen molar-refractivity contribution in [2.24, 2.45) is 5.92 Å². The van der Waals surface area contributed by atoms with E-state index in [9.17, 15) is 0 Å². The topological polar surface area (TPSA) is 12.0 Å². The van der Waals surface area contributed by atoms with Crippen molar-refractivity contribution in [3.8, 4) is 0 Å². The Morgan fingerprint density at radius 1 is 0.923 bits per heavy atom. The van der Waals surface area contributed by atoms with Gasteiger partial charge in [0.2, 0.25) is 0 Å². The molecule has 0 spiro atoms. The normalized spacial score (nSPS) is 56.1. The van der Waals surface area contributed by atoms with Gasteiger partial charge < -0.3 is 0 Å². The molecule has 4 heteroatoms. The predicted molar refractivity (Wildman–Crippen MR) is 52.4 cm³/mol. The van der Waals surface area contributed by atoms with E-state index in [1.54, 1.807) is 0 Å². The summed E-state index contributed by atoms with van der Waals surface area (Å²) in [6.45, 7) is 2.34. The highest BCUT2D eigenvalue weighted by atomic mass is 15.9. The van der Waals surface area contributed by atoms with Crippen molar-refractivity contribution in [1.82, 2.24) is 20.0 Å². The summed E-state index contributed by atoms with van der Waals surface area (Å²) >= 11 is 0. The highest BCUT2D eigenvalue weighted by molar-refractivity contribution is 4.88. The molecule has 2 aliphatic heterocycles. The Morgan fingerprint density at radius 3 is 1.69 bits per heavy atom. The van der Waals surface area contributed by atoms with E-state index in [2.05, 4.69) is 55.2 Å². The van der Waals surface area contributed by atoms with E-state index < -0.39 is 0 Å². The van der Waals surface area contributed by atoms with Crippen LogP contribution in [0.5, 0.6) is 0 Å². The van der Waals surface area contributed by atoms with Crippen molar-refractivity contribution in [3.63, 3.8) is 0 Å². The molecule has 0 saturated carbocycles. The fourth-order valence-corrected chi connectivity index (χ4v) is 2.32. The van der Waals surface area contributed by atoms with Gasteiger partial charge in [-0.1, -0.05) is 6.92 Å². The Labute approximate surface area is 80.6 Å².